The number of likely N-dealkylation sites (tertiary alicyclic amines) is 1. The summed E-state index contributed by atoms with van der Waals surface area (Å²) in [6, 6.07) is 3.43. The summed E-state index contributed by atoms with van der Waals surface area (Å²) in [5.41, 5.74) is -0.443. The van der Waals surface area contributed by atoms with Crippen LogP contribution in [0.25, 0.3) is 0 Å². The molecule has 0 bridgehead atoms. The molecule has 1 amide bonds. The number of carbonyl (C=O) groups excluding carboxylic acids is 1. The fraction of sp³-hybridized carbons (Fsp3) is 0.727. The van der Waals surface area contributed by atoms with Crippen molar-refractivity contribution in [2.45, 2.75) is 50.5 Å². The highest BCUT2D eigenvalue weighted by atomic mass is 32.2. The fourth-order valence-electron chi connectivity index (χ4n) is 4.08. The van der Waals surface area contributed by atoms with Crippen molar-refractivity contribution in [2.75, 3.05) is 57.0 Å². The van der Waals surface area contributed by atoms with Crippen LogP contribution in [0.4, 0.5) is 10.6 Å². The zero-order valence-corrected chi connectivity index (χ0v) is 20.0. The van der Waals surface area contributed by atoms with Gasteiger partial charge in [0.2, 0.25) is 0 Å². The maximum absolute atomic E-state index is 12.2. The van der Waals surface area contributed by atoms with E-state index in [-0.39, 0.29) is 11.0 Å². The molecule has 3 rings (SSSR count). The van der Waals surface area contributed by atoms with E-state index in [0.29, 0.717) is 5.92 Å². The highest BCUT2D eigenvalue weighted by Crippen LogP contribution is 2.23. The van der Waals surface area contributed by atoms with Gasteiger partial charge in [0.1, 0.15) is 11.4 Å². The summed E-state index contributed by atoms with van der Waals surface area (Å²) in [5.74, 6) is 1.49. The molecule has 31 heavy (non-hydrogen) atoms. The molecule has 0 atom stereocenters. The maximum Gasteiger partial charge on any atom is 0.410 e. The van der Waals surface area contributed by atoms with Crippen LogP contribution in [0, 0.1) is 5.92 Å². The molecular formula is C22H36N4O4S. The third kappa shape index (κ3) is 7.07. The van der Waals surface area contributed by atoms with E-state index in [1.165, 1.54) is 12.5 Å². The van der Waals surface area contributed by atoms with E-state index < -0.39 is 15.4 Å². The molecule has 0 aromatic carbocycles. The molecule has 0 saturated carbocycles. The lowest BCUT2D eigenvalue weighted by Gasteiger charge is -2.37. The van der Waals surface area contributed by atoms with Crippen LogP contribution in [-0.2, 0) is 14.6 Å². The smallest absolute Gasteiger partial charge is 0.410 e. The van der Waals surface area contributed by atoms with E-state index in [1.807, 2.05) is 25.7 Å². The first-order chi connectivity index (χ1) is 14.5. The quantitative estimate of drug-likeness (QED) is 0.679. The van der Waals surface area contributed by atoms with Gasteiger partial charge in [0.15, 0.2) is 9.84 Å². The van der Waals surface area contributed by atoms with Crippen LogP contribution in [0.1, 0.15) is 40.0 Å². The van der Waals surface area contributed by atoms with Crippen molar-refractivity contribution in [1.29, 1.82) is 0 Å². The Morgan fingerprint density at radius 1 is 1.10 bits per heavy atom. The zero-order valence-electron chi connectivity index (χ0n) is 19.2. The van der Waals surface area contributed by atoms with E-state index in [2.05, 4.69) is 14.8 Å². The van der Waals surface area contributed by atoms with Gasteiger partial charge in [0.25, 0.3) is 0 Å². The summed E-state index contributed by atoms with van der Waals surface area (Å²) >= 11 is 0. The molecule has 9 heteroatoms. The molecule has 3 heterocycles. The molecule has 2 aliphatic rings. The molecule has 1 aromatic heterocycles. The minimum Gasteiger partial charge on any atom is -0.444 e. The van der Waals surface area contributed by atoms with Crippen molar-refractivity contribution in [3.8, 4) is 0 Å². The molecule has 0 unspecified atom stereocenters. The molecular weight excluding hydrogens is 416 g/mol. The zero-order chi connectivity index (χ0) is 22.6. The van der Waals surface area contributed by atoms with Crippen molar-refractivity contribution in [3.05, 3.63) is 18.3 Å². The number of anilines is 1. The topological polar surface area (TPSA) is 83.0 Å². The molecule has 0 N–H and O–H groups in total. The Balaban J connectivity index is 1.37. The van der Waals surface area contributed by atoms with Crippen LogP contribution in [0.3, 0.4) is 0 Å². The lowest BCUT2D eigenvalue weighted by atomic mass is 9.93. The maximum atomic E-state index is 12.2. The van der Waals surface area contributed by atoms with Crippen LogP contribution >= 0.6 is 0 Å². The average Bonchev–Trinajstić information content (AvgIpc) is 2.71. The van der Waals surface area contributed by atoms with Gasteiger partial charge in [-0.2, -0.15) is 0 Å². The van der Waals surface area contributed by atoms with Gasteiger partial charge in [0.05, 0.1) is 4.90 Å². The SMILES string of the molecule is CC(C)(C)OC(=O)N1CCC(CCN2CCN(c3ccc(S(C)(=O)=O)cn3)CC2)CC1. The Kier molecular flexibility index (Phi) is 7.47. The second-order valence-corrected chi connectivity index (χ2v) is 11.7. The van der Waals surface area contributed by atoms with Crippen molar-refractivity contribution < 1.29 is 17.9 Å². The molecule has 8 nitrogen and oxygen atoms in total. The number of amides is 1. The first-order valence-corrected chi connectivity index (χ1v) is 13.0. The third-order valence-electron chi connectivity index (χ3n) is 5.96. The van der Waals surface area contributed by atoms with Gasteiger partial charge in [-0.3, -0.25) is 4.90 Å². The molecule has 174 valence electrons. The Hall–Kier alpha value is -1.87. The number of piperazine rings is 1. The summed E-state index contributed by atoms with van der Waals surface area (Å²) in [5, 5.41) is 0. The Morgan fingerprint density at radius 3 is 2.26 bits per heavy atom. The standard InChI is InChI=1S/C22H36N4O4S/c1-22(2,3)30-21(27)26-11-8-18(9-12-26)7-10-24-13-15-25(16-14-24)20-6-5-19(17-23-20)31(4,28)29/h5-6,17-18H,7-16H2,1-4H3. The first-order valence-electron chi connectivity index (χ1n) is 11.1. The first kappa shape index (κ1) is 23.8. The second kappa shape index (κ2) is 9.73. The van der Waals surface area contributed by atoms with Crippen LogP contribution in [0.15, 0.2) is 23.2 Å². The number of carbonyl (C=O) groups is 1. The van der Waals surface area contributed by atoms with Gasteiger partial charge >= 0.3 is 6.09 Å². The van der Waals surface area contributed by atoms with E-state index in [1.54, 1.807) is 12.1 Å². The monoisotopic (exact) mass is 452 g/mol. The van der Waals surface area contributed by atoms with E-state index in [9.17, 15) is 13.2 Å². The predicted molar refractivity (Wildman–Crippen MR) is 121 cm³/mol. The molecule has 2 fully saturated rings. The highest BCUT2D eigenvalue weighted by molar-refractivity contribution is 7.90. The Morgan fingerprint density at radius 2 is 1.74 bits per heavy atom. The molecule has 0 spiro atoms. The summed E-state index contributed by atoms with van der Waals surface area (Å²) < 4.78 is 28.6. The summed E-state index contributed by atoms with van der Waals surface area (Å²) in [4.78, 5) is 23.3. The molecule has 2 saturated heterocycles. The minimum absolute atomic E-state index is 0.194. The van der Waals surface area contributed by atoms with Crippen molar-refractivity contribution in [3.63, 3.8) is 0 Å². The van der Waals surface area contributed by atoms with Gasteiger partial charge in [-0.1, -0.05) is 0 Å². The minimum atomic E-state index is -3.21. The fourth-order valence-corrected chi connectivity index (χ4v) is 4.63. The van der Waals surface area contributed by atoms with Crippen LogP contribution in [-0.4, -0.2) is 87.0 Å². The van der Waals surface area contributed by atoms with Gasteiger partial charge < -0.3 is 14.5 Å². The van der Waals surface area contributed by atoms with Crippen molar-refractivity contribution >= 4 is 21.7 Å². The number of aromatic nitrogens is 1. The highest BCUT2D eigenvalue weighted by Gasteiger charge is 2.27. The molecule has 0 aliphatic carbocycles. The summed E-state index contributed by atoms with van der Waals surface area (Å²) in [7, 11) is -3.21. The number of pyridine rings is 1. The van der Waals surface area contributed by atoms with Crippen LogP contribution in [0.5, 0.6) is 0 Å². The van der Waals surface area contributed by atoms with Crippen molar-refractivity contribution in [2.24, 2.45) is 5.92 Å². The number of hydrogen-bond donors (Lipinski definition) is 0. The van der Waals surface area contributed by atoms with E-state index in [0.717, 1.165) is 70.9 Å². The molecule has 1 aromatic rings. The normalized spacial score (nSPS) is 19.5. The van der Waals surface area contributed by atoms with Crippen LogP contribution in [0.2, 0.25) is 0 Å². The number of hydrogen-bond acceptors (Lipinski definition) is 7. The second-order valence-electron chi connectivity index (χ2n) is 9.65. The number of rotatable bonds is 5. The number of nitrogens with zero attached hydrogens (tertiary/aromatic N) is 4. The lowest BCUT2D eigenvalue weighted by molar-refractivity contribution is 0.0177. The average molecular weight is 453 g/mol. The largest absolute Gasteiger partial charge is 0.444 e. The van der Waals surface area contributed by atoms with Crippen molar-refractivity contribution in [1.82, 2.24) is 14.8 Å². The lowest BCUT2D eigenvalue weighted by Crippen LogP contribution is -2.47. The van der Waals surface area contributed by atoms with E-state index in [4.69, 9.17) is 4.74 Å². The van der Waals surface area contributed by atoms with Gasteiger partial charge in [-0.25, -0.2) is 18.2 Å². The third-order valence-corrected chi connectivity index (χ3v) is 7.06. The number of piperidine rings is 1. The molecule has 0 radical (unpaired) electrons. The van der Waals surface area contributed by atoms with E-state index >= 15 is 0 Å². The summed E-state index contributed by atoms with van der Waals surface area (Å²) in [6.45, 7) is 12.1. The Labute approximate surface area is 186 Å². The van der Waals surface area contributed by atoms with Crippen LogP contribution < -0.4 is 4.90 Å². The Bertz CT molecular complexity index is 835. The summed E-state index contributed by atoms with van der Waals surface area (Å²) in [6.07, 6.45) is 5.68. The number of sulfone groups is 1. The molecule has 2 aliphatic heterocycles. The van der Waals surface area contributed by atoms with Gasteiger partial charge in [-0.15, -0.1) is 0 Å². The van der Waals surface area contributed by atoms with Gasteiger partial charge in [0, 0.05) is 51.7 Å². The van der Waals surface area contributed by atoms with Gasteiger partial charge in [-0.05, 0) is 64.6 Å². The predicted octanol–water partition coefficient (Wildman–Crippen LogP) is 2.64. The number of ether oxygens (including phenoxy) is 1.